The Hall–Kier alpha value is -5.57. The maximum atomic E-state index is 13.0. The maximum absolute atomic E-state index is 13.0. The number of aromatic nitrogens is 6. The lowest BCUT2D eigenvalue weighted by atomic mass is 9.93. The molecule has 1 saturated carbocycles. The van der Waals surface area contributed by atoms with E-state index in [1.54, 1.807) is 11.6 Å². The van der Waals surface area contributed by atoms with E-state index in [2.05, 4.69) is 62.1 Å². The summed E-state index contributed by atoms with van der Waals surface area (Å²) in [6, 6.07) is 13.8. The van der Waals surface area contributed by atoms with Crippen LogP contribution in [0, 0.1) is 0 Å². The lowest BCUT2D eigenvalue weighted by molar-refractivity contribution is -0.148. The summed E-state index contributed by atoms with van der Waals surface area (Å²) < 4.78 is 33.3. The fraction of sp³-hybridized carbons (Fsp3) is 0.580. The van der Waals surface area contributed by atoms with E-state index in [1.165, 1.54) is 17.1 Å². The number of fused-ring (bicyclic) bond motifs is 2. The largest absolute Gasteiger partial charge is 0.463 e. The quantitative estimate of drug-likeness (QED) is 0.0289. The van der Waals surface area contributed by atoms with Crippen LogP contribution in [0.25, 0.3) is 33.3 Å². The van der Waals surface area contributed by atoms with Crippen molar-refractivity contribution in [2.24, 2.45) is 7.05 Å². The molecule has 2 aromatic carbocycles. The number of nitrogens with one attached hydrogen (secondary N) is 4. The van der Waals surface area contributed by atoms with E-state index in [4.69, 9.17) is 33.8 Å². The van der Waals surface area contributed by atoms with Crippen molar-refractivity contribution in [3.8, 4) is 11.3 Å². The Balaban J connectivity index is 0.695. The van der Waals surface area contributed by atoms with Crippen LogP contribution in [-0.2, 0) is 58.1 Å². The second kappa shape index (κ2) is 26.4. The van der Waals surface area contributed by atoms with Crippen molar-refractivity contribution in [3.05, 3.63) is 70.3 Å². The summed E-state index contributed by atoms with van der Waals surface area (Å²) in [5, 5.41) is 18.7. The van der Waals surface area contributed by atoms with E-state index >= 15 is 0 Å². The molecule has 1 aliphatic heterocycles. The molecule has 1 aliphatic carbocycles. The molecule has 19 heteroatoms. The number of carbonyl (C=O) groups is 3. The predicted octanol–water partition coefficient (Wildman–Crippen LogP) is 4.76. The van der Waals surface area contributed by atoms with Gasteiger partial charge in [0, 0.05) is 71.5 Å². The number of benzene rings is 2. The van der Waals surface area contributed by atoms with Gasteiger partial charge in [-0.1, -0.05) is 43.7 Å². The van der Waals surface area contributed by atoms with E-state index in [0.717, 1.165) is 117 Å². The van der Waals surface area contributed by atoms with Crippen molar-refractivity contribution in [2.75, 3.05) is 84.4 Å². The van der Waals surface area contributed by atoms with Gasteiger partial charge in [-0.3, -0.25) is 28.8 Å². The molecule has 0 bridgehead atoms. The summed E-state index contributed by atoms with van der Waals surface area (Å²) in [4.78, 5) is 58.2. The van der Waals surface area contributed by atoms with Crippen LogP contribution in [0.1, 0.15) is 94.8 Å². The number of piperidine rings is 1. The van der Waals surface area contributed by atoms with Gasteiger partial charge in [-0.15, -0.1) is 0 Å². The molecule has 0 spiro atoms. The first-order chi connectivity index (χ1) is 33.7. The predicted molar refractivity (Wildman–Crippen MR) is 262 cm³/mol. The summed E-state index contributed by atoms with van der Waals surface area (Å²) in [6.07, 6.45) is 9.44. The Morgan fingerprint density at radius 1 is 0.783 bits per heavy atom. The third-order valence-corrected chi connectivity index (χ3v) is 12.6. The number of anilines is 1. The zero-order valence-electron chi connectivity index (χ0n) is 40.5. The number of imide groups is 1. The molecular formula is C50H70N10O9. The Kier molecular flexibility index (Phi) is 19.6. The van der Waals surface area contributed by atoms with Gasteiger partial charge < -0.3 is 39.6 Å². The topological polar surface area (TPSA) is 216 Å². The van der Waals surface area contributed by atoms with Crippen LogP contribution in [0.15, 0.2) is 53.5 Å². The van der Waals surface area contributed by atoms with E-state index < -0.39 is 11.9 Å². The Labute approximate surface area is 403 Å². The van der Waals surface area contributed by atoms with Crippen molar-refractivity contribution in [1.82, 2.24) is 44.8 Å². The van der Waals surface area contributed by atoms with Gasteiger partial charge in [-0.25, -0.2) is 14.5 Å². The molecule has 2 amide bonds. The van der Waals surface area contributed by atoms with Gasteiger partial charge in [0.2, 0.25) is 17.8 Å². The molecule has 2 fully saturated rings. The first-order valence-corrected chi connectivity index (χ1v) is 24.7. The second-order valence-corrected chi connectivity index (χ2v) is 17.7. The highest BCUT2D eigenvalue weighted by Gasteiger charge is 2.31. The van der Waals surface area contributed by atoms with Gasteiger partial charge in [0.15, 0.2) is 5.65 Å². The van der Waals surface area contributed by atoms with E-state index in [-0.39, 0.29) is 36.1 Å². The molecule has 1 saturated heterocycles. The van der Waals surface area contributed by atoms with Crippen LogP contribution in [0.4, 0.5) is 5.95 Å². The SMILES string of the molecule is CCCCNc1ncc2c(-c3ccc(CNCCNCCOCCOCCOCCOCCCc4ccc5c(c4)n(C)c(=O)n5[C@H]4CCC(=O)NC4=O)cc3)nn(C3CCC(OC(C)=O)CC3)c2n1. The molecule has 4 heterocycles. The fourth-order valence-electron chi connectivity index (χ4n) is 8.89. The van der Waals surface area contributed by atoms with Crippen molar-refractivity contribution < 1.29 is 38.1 Å². The Morgan fingerprint density at radius 3 is 2.19 bits per heavy atom. The molecule has 0 unspecified atom stereocenters. The van der Waals surface area contributed by atoms with Gasteiger partial charge in [-0.2, -0.15) is 10.1 Å². The number of carbonyl (C=O) groups excluding carboxylic acids is 3. The zero-order valence-corrected chi connectivity index (χ0v) is 40.5. The summed E-state index contributed by atoms with van der Waals surface area (Å²) in [5.41, 5.74) is 6.14. The fourth-order valence-corrected chi connectivity index (χ4v) is 8.89. The van der Waals surface area contributed by atoms with Gasteiger partial charge in [0.25, 0.3) is 0 Å². The lowest BCUT2D eigenvalue weighted by Crippen LogP contribution is -2.44. The molecule has 7 rings (SSSR count). The number of ether oxygens (including phenoxy) is 5. The number of unbranched alkanes of at least 4 members (excludes halogenated alkanes) is 1. The minimum Gasteiger partial charge on any atom is -0.463 e. The molecule has 4 N–H and O–H groups in total. The number of imidazole rings is 1. The molecule has 0 radical (unpaired) electrons. The van der Waals surface area contributed by atoms with Crippen LogP contribution in [0.3, 0.4) is 0 Å². The molecule has 3 aromatic heterocycles. The number of hydrogen-bond acceptors (Lipinski definition) is 15. The smallest absolute Gasteiger partial charge is 0.329 e. The number of rotatable bonds is 29. The summed E-state index contributed by atoms with van der Waals surface area (Å²) in [5.74, 6) is -0.356. The number of aryl methyl sites for hydroxylation is 2. The highest BCUT2D eigenvalue weighted by atomic mass is 16.6. The summed E-state index contributed by atoms with van der Waals surface area (Å²) >= 11 is 0. The minimum atomic E-state index is -0.692. The third-order valence-electron chi connectivity index (χ3n) is 12.6. The zero-order chi connectivity index (χ0) is 48.4. The van der Waals surface area contributed by atoms with Crippen molar-refractivity contribution in [3.63, 3.8) is 0 Å². The first-order valence-electron chi connectivity index (χ1n) is 24.7. The average Bonchev–Trinajstić information content (AvgIpc) is 3.84. The van der Waals surface area contributed by atoms with Crippen LogP contribution in [0.5, 0.6) is 0 Å². The van der Waals surface area contributed by atoms with Crippen molar-refractivity contribution in [2.45, 2.75) is 103 Å². The molecular weight excluding hydrogens is 885 g/mol. The summed E-state index contributed by atoms with van der Waals surface area (Å²) in [6.45, 7) is 11.8. The van der Waals surface area contributed by atoms with Crippen LogP contribution in [-0.4, -0.2) is 132 Å². The number of hydrogen-bond donors (Lipinski definition) is 4. The Bertz CT molecular complexity index is 2500. The van der Waals surface area contributed by atoms with E-state index in [9.17, 15) is 19.2 Å². The van der Waals surface area contributed by atoms with Crippen LogP contribution >= 0.6 is 0 Å². The van der Waals surface area contributed by atoms with Gasteiger partial charge in [-0.05, 0) is 74.6 Å². The maximum Gasteiger partial charge on any atom is 0.329 e. The van der Waals surface area contributed by atoms with Gasteiger partial charge in [0.1, 0.15) is 17.8 Å². The standard InChI is InChI=1S/C50H70N10O9/c1-4-5-20-53-49-54-34-41-46(57-60(47(41)56-49)39-13-15-40(16-14-39)69-35(2)61)38-11-8-37(9-12-38)33-52-22-21-51-23-25-66-27-29-68-31-30-67-28-26-65-24-6-7-36-10-17-42-44(32-36)58(3)50(64)59(42)43-18-19-45(62)55-48(43)63/h8-12,17,32,34,39-40,43,51-52H,4-7,13-16,18-31,33H2,1-3H3,(H,53,54,56)(H,55,62,63)/t39?,40?,43-/m0/s1. The lowest BCUT2D eigenvalue weighted by Gasteiger charge is -2.28. The highest BCUT2D eigenvalue weighted by Crippen LogP contribution is 2.35. The van der Waals surface area contributed by atoms with Crippen LogP contribution in [0.2, 0.25) is 0 Å². The monoisotopic (exact) mass is 955 g/mol. The average molecular weight is 955 g/mol. The van der Waals surface area contributed by atoms with Crippen LogP contribution < -0.4 is 27.0 Å². The third kappa shape index (κ3) is 14.5. The first kappa shape index (κ1) is 51.3. The van der Waals surface area contributed by atoms with Crippen molar-refractivity contribution >= 4 is 45.8 Å². The highest BCUT2D eigenvalue weighted by molar-refractivity contribution is 6.00. The molecule has 19 nitrogen and oxygen atoms in total. The molecule has 2 aliphatic rings. The number of amides is 2. The van der Waals surface area contributed by atoms with Gasteiger partial charge >= 0.3 is 11.7 Å². The Morgan fingerprint density at radius 2 is 1.48 bits per heavy atom. The summed E-state index contributed by atoms with van der Waals surface area (Å²) in [7, 11) is 1.70. The normalized spacial score (nSPS) is 17.5. The second-order valence-electron chi connectivity index (χ2n) is 17.7. The molecule has 69 heavy (non-hydrogen) atoms. The van der Waals surface area contributed by atoms with E-state index in [1.807, 2.05) is 24.4 Å². The van der Waals surface area contributed by atoms with Gasteiger partial charge in [0.05, 0.1) is 68.7 Å². The van der Waals surface area contributed by atoms with E-state index in [0.29, 0.717) is 70.7 Å². The molecule has 374 valence electrons. The minimum absolute atomic E-state index is 0.0395. The molecule has 5 aromatic rings. The van der Waals surface area contributed by atoms with Crippen molar-refractivity contribution in [1.29, 1.82) is 0 Å². The number of esters is 1. The number of nitrogens with zero attached hydrogens (tertiary/aromatic N) is 6. The molecule has 1 atom stereocenters.